The van der Waals surface area contributed by atoms with Crippen LogP contribution in [0.4, 0.5) is 0 Å². The molecule has 1 rings (SSSR count). The summed E-state index contributed by atoms with van der Waals surface area (Å²) in [4.78, 5) is 0. The van der Waals surface area contributed by atoms with Gasteiger partial charge >= 0.3 is 0 Å². The summed E-state index contributed by atoms with van der Waals surface area (Å²) in [6.45, 7) is 2.22. The van der Waals surface area contributed by atoms with Crippen molar-refractivity contribution in [1.82, 2.24) is 0 Å². The SMILES string of the molecule is CCCCCCCC(O)/C=C/c1ccccc1. The lowest BCUT2D eigenvalue weighted by atomic mass is 10.1. The maximum atomic E-state index is 9.78. The summed E-state index contributed by atoms with van der Waals surface area (Å²) < 4.78 is 0. The zero-order valence-corrected chi connectivity index (χ0v) is 10.8. The lowest BCUT2D eigenvalue weighted by Gasteiger charge is -2.05. The number of aliphatic hydroxyl groups is 1. The Morgan fingerprint density at radius 2 is 1.76 bits per heavy atom. The molecule has 1 heteroatoms. The molecule has 0 aromatic heterocycles. The van der Waals surface area contributed by atoms with Crippen LogP contribution in [0.25, 0.3) is 6.08 Å². The second kappa shape index (κ2) is 9.00. The van der Waals surface area contributed by atoms with Crippen LogP contribution in [-0.4, -0.2) is 11.2 Å². The summed E-state index contributed by atoms with van der Waals surface area (Å²) in [5.41, 5.74) is 1.15. The van der Waals surface area contributed by atoms with Gasteiger partial charge in [-0.15, -0.1) is 0 Å². The van der Waals surface area contributed by atoms with Crippen molar-refractivity contribution >= 4 is 6.08 Å². The Bertz CT molecular complexity index is 303. The van der Waals surface area contributed by atoms with Gasteiger partial charge in [0.15, 0.2) is 0 Å². The van der Waals surface area contributed by atoms with E-state index < -0.39 is 0 Å². The first kappa shape index (κ1) is 14.0. The van der Waals surface area contributed by atoms with Gasteiger partial charge in [0.1, 0.15) is 0 Å². The van der Waals surface area contributed by atoms with Gasteiger partial charge in [0.25, 0.3) is 0 Å². The van der Waals surface area contributed by atoms with Crippen LogP contribution in [0.15, 0.2) is 36.4 Å². The molecule has 1 unspecified atom stereocenters. The van der Waals surface area contributed by atoms with Crippen LogP contribution in [0.2, 0.25) is 0 Å². The van der Waals surface area contributed by atoms with Gasteiger partial charge in [-0.3, -0.25) is 0 Å². The third kappa shape index (κ3) is 6.96. The van der Waals surface area contributed by atoms with E-state index >= 15 is 0 Å². The molecule has 1 N–H and O–H groups in total. The molecule has 17 heavy (non-hydrogen) atoms. The maximum Gasteiger partial charge on any atom is 0.0724 e. The quantitative estimate of drug-likeness (QED) is 0.658. The first-order valence-corrected chi connectivity index (χ1v) is 6.74. The summed E-state index contributed by atoms with van der Waals surface area (Å²) in [6, 6.07) is 10.1. The van der Waals surface area contributed by atoms with E-state index in [9.17, 15) is 5.11 Å². The summed E-state index contributed by atoms with van der Waals surface area (Å²) in [5.74, 6) is 0. The Hall–Kier alpha value is -1.08. The van der Waals surface area contributed by atoms with Crippen molar-refractivity contribution in [3.05, 3.63) is 42.0 Å². The third-order valence-electron chi connectivity index (χ3n) is 2.91. The zero-order chi connectivity index (χ0) is 12.3. The summed E-state index contributed by atoms with van der Waals surface area (Å²) >= 11 is 0. The maximum absolute atomic E-state index is 9.78. The Balaban J connectivity index is 2.16. The van der Waals surface area contributed by atoms with E-state index in [4.69, 9.17) is 0 Å². The number of rotatable bonds is 8. The number of benzene rings is 1. The van der Waals surface area contributed by atoms with Crippen molar-refractivity contribution in [1.29, 1.82) is 0 Å². The molecule has 0 bridgehead atoms. The molecular formula is C16H24O. The van der Waals surface area contributed by atoms with Gasteiger partial charge in [-0.1, -0.05) is 81.5 Å². The molecule has 0 aliphatic heterocycles. The Labute approximate surface area is 105 Å². The van der Waals surface area contributed by atoms with Gasteiger partial charge in [-0.05, 0) is 12.0 Å². The summed E-state index contributed by atoms with van der Waals surface area (Å²) in [5, 5.41) is 9.78. The standard InChI is InChI=1S/C16H24O/c1-2-3-4-5-9-12-16(17)14-13-15-10-7-6-8-11-15/h6-8,10-11,13-14,16-17H,2-5,9,12H2,1H3/b14-13+. The molecule has 0 heterocycles. The average molecular weight is 232 g/mol. The topological polar surface area (TPSA) is 20.2 Å². The smallest absolute Gasteiger partial charge is 0.0724 e. The molecule has 0 aliphatic carbocycles. The minimum Gasteiger partial charge on any atom is -0.389 e. The van der Waals surface area contributed by atoms with E-state index in [0.29, 0.717) is 0 Å². The molecule has 1 nitrogen and oxygen atoms in total. The third-order valence-corrected chi connectivity index (χ3v) is 2.91. The largest absolute Gasteiger partial charge is 0.389 e. The molecule has 1 aromatic rings. The minimum absolute atomic E-state index is 0.295. The monoisotopic (exact) mass is 232 g/mol. The van der Waals surface area contributed by atoms with Crippen LogP contribution >= 0.6 is 0 Å². The van der Waals surface area contributed by atoms with Crippen LogP contribution in [0.1, 0.15) is 51.0 Å². The highest BCUT2D eigenvalue weighted by atomic mass is 16.3. The van der Waals surface area contributed by atoms with E-state index in [1.807, 2.05) is 42.5 Å². The molecule has 0 fully saturated rings. The Kier molecular flexibility index (Phi) is 7.40. The lowest BCUT2D eigenvalue weighted by Crippen LogP contribution is -2.01. The zero-order valence-electron chi connectivity index (χ0n) is 10.8. The normalized spacial score (nSPS) is 13.1. The highest BCUT2D eigenvalue weighted by Gasteiger charge is 1.98. The molecule has 94 valence electrons. The van der Waals surface area contributed by atoms with E-state index in [-0.39, 0.29) is 6.10 Å². The van der Waals surface area contributed by atoms with Crippen molar-refractivity contribution in [2.75, 3.05) is 0 Å². The number of hydrogen-bond donors (Lipinski definition) is 1. The van der Waals surface area contributed by atoms with E-state index in [1.54, 1.807) is 0 Å². The molecule has 0 saturated carbocycles. The lowest BCUT2D eigenvalue weighted by molar-refractivity contribution is 0.209. The fourth-order valence-corrected chi connectivity index (χ4v) is 1.84. The van der Waals surface area contributed by atoms with Crippen molar-refractivity contribution in [3.8, 4) is 0 Å². The molecule has 1 atom stereocenters. The fraction of sp³-hybridized carbons (Fsp3) is 0.500. The van der Waals surface area contributed by atoms with Crippen molar-refractivity contribution in [3.63, 3.8) is 0 Å². The van der Waals surface area contributed by atoms with E-state index in [1.165, 1.54) is 25.7 Å². The van der Waals surface area contributed by atoms with Gasteiger partial charge in [0.05, 0.1) is 6.10 Å². The minimum atomic E-state index is -0.295. The fourth-order valence-electron chi connectivity index (χ4n) is 1.84. The van der Waals surface area contributed by atoms with Gasteiger partial charge in [-0.25, -0.2) is 0 Å². The van der Waals surface area contributed by atoms with Crippen molar-refractivity contribution < 1.29 is 5.11 Å². The van der Waals surface area contributed by atoms with Gasteiger partial charge in [0, 0.05) is 0 Å². The highest BCUT2D eigenvalue weighted by molar-refractivity contribution is 5.49. The van der Waals surface area contributed by atoms with Crippen LogP contribution < -0.4 is 0 Å². The van der Waals surface area contributed by atoms with Gasteiger partial charge < -0.3 is 5.11 Å². The average Bonchev–Trinajstić information content (AvgIpc) is 2.37. The van der Waals surface area contributed by atoms with E-state index in [2.05, 4.69) is 6.92 Å². The molecule has 0 amide bonds. The first-order chi connectivity index (χ1) is 8.33. The highest BCUT2D eigenvalue weighted by Crippen LogP contribution is 2.09. The van der Waals surface area contributed by atoms with Crippen LogP contribution in [-0.2, 0) is 0 Å². The second-order valence-electron chi connectivity index (χ2n) is 4.54. The first-order valence-electron chi connectivity index (χ1n) is 6.74. The molecule has 0 aliphatic rings. The Morgan fingerprint density at radius 3 is 2.47 bits per heavy atom. The summed E-state index contributed by atoms with van der Waals surface area (Å²) in [7, 11) is 0. The molecule has 0 spiro atoms. The van der Waals surface area contributed by atoms with Crippen LogP contribution in [0.5, 0.6) is 0 Å². The molecule has 0 radical (unpaired) electrons. The van der Waals surface area contributed by atoms with Crippen molar-refractivity contribution in [2.24, 2.45) is 0 Å². The van der Waals surface area contributed by atoms with Gasteiger partial charge in [0.2, 0.25) is 0 Å². The van der Waals surface area contributed by atoms with Crippen LogP contribution in [0.3, 0.4) is 0 Å². The van der Waals surface area contributed by atoms with Crippen molar-refractivity contribution in [2.45, 2.75) is 51.6 Å². The molecular weight excluding hydrogens is 208 g/mol. The van der Waals surface area contributed by atoms with Gasteiger partial charge in [-0.2, -0.15) is 0 Å². The predicted molar refractivity (Wildman–Crippen MR) is 74.9 cm³/mol. The predicted octanol–water partition coefficient (Wildman–Crippen LogP) is 4.42. The van der Waals surface area contributed by atoms with E-state index in [0.717, 1.165) is 18.4 Å². The summed E-state index contributed by atoms with van der Waals surface area (Å²) in [6.07, 6.45) is 10.7. The number of hydrogen-bond acceptors (Lipinski definition) is 1. The van der Waals surface area contributed by atoms with Crippen LogP contribution in [0, 0.1) is 0 Å². The number of aliphatic hydroxyl groups excluding tert-OH is 1. The second-order valence-corrected chi connectivity index (χ2v) is 4.54. The number of unbranched alkanes of at least 4 members (excludes halogenated alkanes) is 4. The Morgan fingerprint density at radius 1 is 1.06 bits per heavy atom. The molecule has 0 saturated heterocycles. The molecule has 1 aromatic carbocycles.